The van der Waals surface area contributed by atoms with E-state index < -0.39 is 0 Å². The number of hydrogen-bond acceptors (Lipinski definition) is 5. The molecule has 0 spiro atoms. The minimum Gasteiger partial charge on any atom is -0.372 e. The molecule has 0 aliphatic carbocycles. The monoisotopic (exact) mass is 326 g/mol. The van der Waals surface area contributed by atoms with Crippen molar-refractivity contribution in [2.24, 2.45) is 0 Å². The summed E-state index contributed by atoms with van der Waals surface area (Å²) in [6.07, 6.45) is 1.33. The van der Waals surface area contributed by atoms with Crippen LogP contribution >= 0.6 is 0 Å². The van der Waals surface area contributed by atoms with E-state index in [4.69, 9.17) is 4.74 Å². The number of morpholine rings is 1. The van der Waals surface area contributed by atoms with E-state index in [0.717, 1.165) is 31.0 Å². The summed E-state index contributed by atoms with van der Waals surface area (Å²) in [5.74, 6) is 0.516. The van der Waals surface area contributed by atoms with Crippen LogP contribution in [0.3, 0.4) is 0 Å². The Hall–Kier alpha value is -2.47. The fraction of sp³-hybridized carbons (Fsp3) is 0.389. The summed E-state index contributed by atoms with van der Waals surface area (Å²) in [4.78, 5) is 14.4. The Morgan fingerprint density at radius 3 is 2.67 bits per heavy atom. The van der Waals surface area contributed by atoms with Gasteiger partial charge in [-0.1, -0.05) is 25.1 Å². The quantitative estimate of drug-likeness (QED) is 0.936. The van der Waals surface area contributed by atoms with Crippen molar-refractivity contribution in [2.45, 2.75) is 32.5 Å². The van der Waals surface area contributed by atoms with Gasteiger partial charge in [0.15, 0.2) is 11.5 Å². The molecule has 1 fully saturated rings. The first-order valence-corrected chi connectivity index (χ1v) is 8.26. The van der Waals surface area contributed by atoms with Crippen LogP contribution in [0.25, 0.3) is 0 Å². The molecule has 2 atom stereocenters. The minimum atomic E-state index is -0.262. The van der Waals surface area contributed by atoms with Crippen LogP contribution in [0.15, 0.2) is 42.5 Å². The molecule has 2 heterocycles. The third kappa shape index (κ3) is 3.89. The van der Waals surface area contributed by atoms with E-state index in [1.165, 1.54) is 0 Å². The van der Waals surface area contributed by atoms with E-state index in [1.807, 2.05) is 36.4 Å². The lowest BCUT2D eigenvalue weighted by molar-refractivity contribution is -0.0175. The van der Waals surface area contributed by atoms with E-state index >= 15 is 0 Å². The van der Waals surface area contributed by atoms with Crippen molar-refractivity contribution in [1.82, 2.24) is 10.2 Å². The zero-order valence-electron chi connectivity index (χ0n) is 14.0. The number of benzene rings is 1. The summed E-state index contributed by atoms with van der Waals surface area (Å²) in [5.41, 5.74) is 1.04. The molecule has 1 amide bonds. The molecule has 24 heavy (non-hydrogen) atoms. The van der Waals surface area contributed by atoms with Crippen molar-refractivity contribution >= 4 is 17.4 Å². The Morgan fingerprint density at radius 2 is 2.00 bits per heavy atom. The van der Waals surface area contributed by atoms with Gasteiger partial charge in [0.25, 0.3) is 5.91 Å². The molecule has 1 aliphatic heterocycles. The number of carbonyl (C=O) groups is 1. The van der Waals surface area contributed by atoms with Gasteiger partial charge in [0.1, 0.15) is 0 Å². The van der Waals surface area contributed by atoms with Crippen molar-refractivity contribution in [3.63, 3.8) is 0 Å². The molecule has 6 nitrogen and oxygen atoms in total. The second-order valence-corrected chi connectivity index (χ2v) is 5.98. The number of rotatable bonds is 4. The Balaban J connectivity index is 1.67. The van der Waals surface area contributed by atoms with Gasteiger partial charge in [-0.05, 0) is 37.6 Å². The lowest BCUT2D eigenvalue weighted by Gasteiger charge is -2.36. The van der Waals surface area contributed by atoms with Gasteiger partial charge in [-0.3, -0.25) is 4.79 Å². The minimum absolute atomic E-state index is 0.159. The van der Waals surface area contributed by atoms with Crippen molar-refractivity contribution in [3.05, 3.63) is 48.2 Å². The van der Waals surface area contributed by atoms with Crippen LogP contribution in [0.1, 0.15) is 30.8 Å². The highest BCUT2D eigenvalue weighted by atomic mass is 16.5. The molecule has 0 unspecified atom stereocenters. The predicted octanol–water partition coefficient (Wildman–Crippen LogP) is 2.73. The van der Waals surface area contributed by atoms with Gasteiger partial charge in [0, 0.05) is 18.8 Å². The first-order valence-electron chi connectivity index (χ1n) is 8.26. The van der Waals surface area contributed by atoms with Crippen LogP contribution in [0.2, 0.25) is 0 Å². The summed E-state index contributed by atoms with van der Waals surface area (Å²) >= 11 is 0. The number of para-hydroxylation sites is 1. The van der Waals surface area contributed by atoms with Crippen molar-refractivity contribution in [1.29, 1.82) is 0 Å². The summed E-state index contributed by atoms with van der Waals surface area (Å²) in [6, 6.07) is 12.9. The number of amides is 1. The molecule has 0 bridgehead atoms. The zero-order valence-corrected chi connectivity index (χ0v) is 14.0. The van der Waals surface area contributed by atoms with Gasteiger partial charge in [-0.2, -0.15) is 0 Å². The molecule has 0 saturated carbocycles. The molecular weight excluding hydrogens is 304 g/mol. The number of aromatic nitrogens is 2. The summed E-state index contributed by atoms with van der Waals surface area (Å²) in [5, 5.41) is 11.1. The highest BCUT2D eigenvalue weighted by Crippen LogP contribution is 2.19. The van der Waals surface area contributed by atoms with E-state index in [9.17, 15) is 4.79 Å². The van der Waals surface area contributed by atoms with E-state index in [1.54, 1.807) is 6.07 Å². The summed E-state index contributed by atoms with van der Waals surface area (Å²) in [7, 11) is 0. The lowest BCUT2D eigenvalue weighted by atomic mass is 10.2. The molecule has 1 aliphatic rings. The number of hydrogen-bond donors (Lipinski definition) is 1. The van der Waals surface area contributed by atoms with Crippen LogP contribution in [-0.2, 0) is 4.74 Å². The average molecular weight is 326 g/mol. The molecule has 1 aromatic heterocycles. The predicted molar refractivity (Wildman–Crippen MR) is 93.3 cm³/mol. The van der Waals surface area contributed by atoms with Crippen LogP contribution in [-0.4, -0.2) is 41.4 Å². The smallest absolute Gasteiger partial charge is 0.276 e. The fourth-order valence-corrected chi connectivity index (χ4v) is 2.79. The van der Waals surface area contributed by atoms with Crippen molar-refractivity contribution in [3.8, 4) is 0 Å². The third-order valence-corrected chi connectivity index (χ3v) is 4.02. The molecule has 126 valence electrons. The third-order valence-electron chi connectivity index (χ3n) is 4.02. The van der Waals surface area contributed by atoms with Gasteiger partial charge in [0.05, 0.1) is 12.2 Å². The normalized spacial score (nSPS) is 20.7. The molecule has 0 radical (unpaired) electrons. The average Bonchev–Trinajstić information content (AvgIpc) is 2.62. The largest absolute Gasteiger partial charge is 0.372 e. The highest BCUT2D eigenvalue weighted by Gasteiger charge is 2.25. The number of nitrogens with one attached hydrogen (secondary N) is 1. The Bertz CT molecular complexity index is 675. The van der Waals surface area contributed by atoms with Crippen LogP contribution in [0, 0.1) is 0 Å². The maximum absolute atomic E-state index is 12.2. The van der Waals surface area contributed by atoms with E-state index in [2.05, 4.69) is 34.3 Å². The highest BCUT2D eigenvalue weighted by molar-refractivity contribution is 6.02. The zero-order chi connectivity index (χ0) is 16.9. The van der Waals surface area contributed by atoms with Gasteiger partial charge in [-0.15, -0.1) is 10.2 Å². The number of anilines is 2. The van der Waals surface area contributed by atoms with Gasteiger partial charge in [0.2, 0.25) is 0 Å². The molecule has 1 N–H and O–H groups in total. The van der Waals surface area contributed by atoms with Crippen molar-refractivity contribution < 1.29 is 9.53 Å². The standard InChI is InChI=1S/C18H22N4O2/c1-3-15-12-22(11-13(2)24-15)17-10-9-16(20-21-17)18(23)19-14-7-5-4-6-8-14/h4-10,13,15H,3,11-12H2,1-2H3,(H,19,23)/t13-,15+/m0/s1. The maximum atomic E-state index is 12.2. The second kappa shape index (κ2) is 7.40. The SMILES string of the molecule is CC[C@@H]1CN(c2ccc(C(=O)Nc3ccccc3)nn2)C[C@H](C)O1. The summed E-state index contributed by atoms with van der Waals surface area (Å²) < 4.78 is 5.86. The Kier molecular flexibility index (Phi) is 5.05. The number of nitrogens with zero attached hydrogens (tertiary/aromatic N) is 3. The molecular formula is C18H22N4O2. The molecule has 6 heteroatoms. The van der Waals surface area contributed by atoms with Gasteiger partial charge >= 0.3 is 0 Å². The Labute approximate surface area is 141 Å². The molecule has 1 aromatic carbocycles. The summed E-state index contributed by atoms with van der Waals surface area (Å²) in [6.45, 7) is 5.75. The molecule has 1 saturated heterocycles. The van der Waals surface area contributed by atoms with Crippen molar-refractivity contribution in [2.75, 3.05) is 23.3 Å². The Morgan fingerprint density at radius 1 is 1.21 bits per heavy atom. The van der Waals surface area contributed by atoms with E-state index in [0.29, 0.717) is 5.69 Å². The number of ether oxygens (including phenoxy) is 1. The van der Waals surface area contributed by atoms with Crippen LogP contribution in [0.4, 0.5) is 11.5 Å². The maximum Gasteiger partial charge on any atom is 0.276 e. The first kappa shape index (κ1) is 16.4. The molecule has 3 rings (SSSR count). The van der Waals surface area contributed by atoms with Crippen LogP contribution in [0.5, 0.6) is 0 Å². The van der Waals surface area contributed by atoms with Gasteiger partial charge in [-0.25, -0.2) is 0 Å². The van der Waals surface area contributed by atoms with E-state index in [-0.39, 0.29) is 18.1 Å². The second-order valence-electron chi connectivity index (χ2n) is 5.98. The topological polar surface area (TPSA) is 67.4 Å². The molecule has 2 aromatic rings. The first-order chi connectivity index (χ1) is 11.7. The van der Waals surface area contributed by atoms with Gasteiger partial charge < -0.3 is 15.0 Å². The van der Waals surface area contributed by atoms with Crippen LogP contribution < -0.4 is 10.2 Å². The number of carbonyl (C=O) groups excluding carboxylic acids is 1. The fourth-order valence-electron chi connectivity index (χ4n) is 2.79. The lowest BCUT2D eigenvalue weighted by Crippen LogP contribution is -2.46.